The summed E-state index contributed by atoms with van der Waals surface area (Å²) in [4.78, 5) is 47.3. The fraction of sp³-hybridized carbons (Fsp3) is 0.684. The number of hydrogen-bond donors (Lipinski definition) is 7. The van der Waals surface area contributed by atoms with Crippen molar-refractivity contribution in [2.75, 3.05) is 18.9 Å². The number of rotatable bonds is 11. The van der Waals surface area contributed by atoms with Crippen molar-refractivity contribution in [3.63, 3.8) is 0 Å². The average molecular weight is 659 g/mol. The summed E-state index contributed by atoms with van der Waals surface area (Å²) in [5.74, 6) is -0.826. The van der Waals surface area contributed by atoms with Gasteiger partial charge in [-0.25, -0.2) is 19.3 Å². The molecule has 0 aromatic carbocycles. The van der Waals surface area contributed by atoms with Crippen LogP contribution in [-0.4, -0.2) is 124 Å². The molecule has 2 fully saturated rings. The van der Waals surface area contributed by atoms with Crippen molar-refractivity contribution in [1.29, 1.82) is 0 Å². The van der Waals surface area contributed by atoms with E-state index in [1.807, 2.05) is 0 Å². The zero-order valence-electron chi connectivity index (χ0n) is 21.8. The normalized spacial score (nSPS) is 34.9. The highest BCUT2D eigenvalue weighted by Gasteiger charge is 2.49. The van der Waals surface area contributed by atoms with Crippen molar-refractivity contribution in [1.82, 2.24) is 19.5 Å². The zero-order chi connectivity index (χ0) is 31.9. The highest BCUT2D eigenvalue weighted by Crippen LogP contribution is 2.57. The number of carbonyl (C=O) groups excluding carboxylic acids is 1. The van der Waals surface area contributed by atoms with Crippen molar-refractivity contribution in [2.45, 2.75) is 68.3 Å². The van der Waals surface area contributed by atoms with Gasteiger partial charge in [-0.3, -0.25) is 23.0 Å². The Morgan fingerprint density at radius 2 is 1.74 bits per heavy atom. The third-order valence-corrected chi connectivity index (χ3v) is 8.80. The number of fused-ring (bicyclic) bond motifs is 1. The summed E-state index contributed by atoms with van der Waals surface area (Å²) in [5, 5.41) is 61.0. The Hall–Kier alpha value is -2.24. The van der Waals surface area contributed by atoms with Gasteiger partial charge in [-0.1, -0.05) is 0 Å². The maximum Gasteiger partial charge on any atom is 0.302 e. The van der Waals surface area contributed by atoms with Gasteiger partial charge in [-0.05, 0) is 0 Å². The minimum atomic E-state index is -6.01. The fourth-order valence-electron chi connectivity index (χ4n) is 4.19. The molecule has 2 aliphatic rings. The minimum absolute atomic E-state index is 0.0101. The maximum absolute atomic E-state index is 12.3. The molecular formula is C19H27N5O17P2-2. The van der Waals surface area contributed by atoms with Crippen molar-refractivity contribution >= 4 is 38.6 Å². The van der Waals surface area contributed by atoms with Gasteiger partial charge in [0, 0.05) is 6.92 Å². The van der Waals surface area contributed by atoms with E-state index in [1.165, 1.54) is 10.9 Å². The van der Waals surface area contributed by atoms with Crippen LogP contribution in [0.3, 0.4) is 0 Å². The van der Waals surface area contributed by atoms with Gasteiger partial charge in [0.1, 0.15) is 67.3 Å². The monoisotopic (exact) mass is 659 g/mol. The van der Waals surface area contributed by atoms with Crippen molar-refractivity contribution in [2.24, 2.45) is 0 Å². The smallest absolute Gasteiger partial charge is 0.302 e. The first kappa shape index (κ1) is 33.6. The van der Waals surface area contributed by atoms with E-state index >= 15 is 0 Å². The molecule has 24 heteroatoms. The number of nitrogens with two attached hydrogens (primary N) is 1. The summed E-state index contributed by atoms with van der Waals surface area (Å²) in [6.07, 6.45) is -16.7. The lowest BCUT2D eigenvalue weighted by atomic mass is 9.96. The van der Waals surface area contributed by atoms with Crippen molar-refractivity contribution in [3.05, 3.63) is 12.7 Å². The summed E-state index contributed by atoms with van der Waals surface area (Å²) in [5.41, 5.74) is 5.97. The summed E-state index contributed by atoms with van der Waals surface area (Å²) >= 11 is 0. The first-order chi connectivity index (χ1) is 20.0. The minimum Gasteiger partial charge on any atom is -0.756 e. The second-order valence-electron chi connectivity index (χ2n) is 9.32. The molecule has 3 unspecified atom stereocenters. The van der Waals surface area contributed by atoms with Gasteiger partial charge in [0.15, 0.2) is 24.0 Å². The average Bonchev–Trinajstić information content (AvgIpc) is 3.47. The number of anilines is 1. The number of aliphatic hydroxyl groups is 6. The molecule has 0 saturated carbocycles. The summed E-state index contributed by atoms with van der Waals surface area (Å²) in [6, 6.07) is 0. The fourth-order valence-corrected chi connectivity index (χ4v) is 6.27. The highest BCUT2D eigenvalue weighted by atomic mass is 31.3. The van der Waals surface area contributed by atoms with E-state index in [9.17, 15) is 54.4 Å². The van der Waals surface area contributed by atoms with E-state index in [4.69, 9.17) is 15.2 Å². The van der Waals surface area contributed by atoms with Gasteiger partial charge < -0.3 is 64.9 Å². The third kappa shape index (κ3) is 7.53. The summed E-state index contributed by atoms with van der Waals surface area (Å²) < 4.78 is 53.6. The van der Waals surface area contributed by atoms with Crippen LogP contribution in [0.2, 0.25) is 0 Å². The lowest BCUT2D eigenvalue weighted by Gasteiger charge is -2.43. The van der Waals surface area contributed by atoms with E-state index in [0.717, 1.165) is 13.3 Å². The van der Waals surface area contributed by atoms with Crippen LogP contribution < -0.4 is 15.5 Å². The summed E-state index contributed by atoms with van der Waals surface area (Å²) in [6.45, 7) is -0.848. The van der Waals surface area contributed by atoms with Gasteiger partial charge in [0.05, 0.1) is 12.9 Å². The van der Waals surface area contributed by atoms with Crippen LogP contribution in [0.1, 0.15) is 13.2 Å². The quantitative estimate of drug-likeness (QED) is 0.0874. The Bertz CT molecular complexity index is 1400. The third-order valence-electron chi connectivity index (χ3n) is 6.27. The van der Waals surface area contributed by atoms with Crippen LogP contribution in [0.15, 0.2) is 12.7 Å². The lowest BCUT2D eigenvalue weighted by molar-refractivity contribution is -0.313. The van der Waals surface area contributed by atoms with Crippen molar-refractivity contribution < 1.29 is 81.9 Å². The van der Waals surface area contributed by atoms with Crippen LogP contribution in [0.25, 0.3) is 11.2 Å². The first-order valence-electron chi connectivity index (χ1n) is 12.1. The van der Waals surface area contributed by atoms with E-state index < -0.39 is 96.2 Å². The number of nitrogens with zero attached hydrogens (tertiary/aromatic N) is 4. The van der Waals surface area contributed by atoms with Gasteiger partial charge >= 0.3 is 5.97 Å². The molecule has 242 valence electrons. The number of aliphatic hydroxyl groups excluding tert-OH is 6. The molecule has 22 nitrogen and oxygen atoms in total. The number of imidazole rings is 1. The molecule has 12 atom stereocenters. The molecule has 0 spiro atoms. The Balaban J connectivity index is 1.37. The van der Waals surface area contributed by atoms with Crippen LogP contribution in [0.4, 0.5) is 5.82 Å². The van der Waals surface area contributed by atoms with Crippen LogP contribution in [0, 0.1) is 0 Å². The second kappa shape index (κ2) is 13.0. The van der Waals surface area contributed by atoms with E-state index in [1.54, 1.807) is 0 Å². The molecule has 2 aromatic rings. The number of aromatic nitrogens is 4. The van der Waals surface area contributed by atoms with Gasteiger partial charge in [0.25, 0.3) is 15.6 Å². The Morgan fingerprint density at radius 1 is 1.05 bits per heavy atom. The second-order valence-corrected chi connectivity index (χ2v) is 12.2. The molecule has 2 aromatic heterocycles. The number of hydrogen-bond acceptors (Lipinski definition) is 21. The molecule has 8 N–H and O–H groups in total. The van der Waals surface area contributed by atoms with E-state index in [2.05, 4.69) is 33.0 Å². The highest BCUT2D eigenvalue weighted by molar-refractivity contribution is 7.59. The van der Waals surface area contributed by atoms with Crippen LogP contribution in [0.5, 0.6) is 0 Å². The topological polar surface area (TPSA) is 344 Å². The molecule has 0 amide bonds. The SMILES string of the molecule is CC(=O)OC[C@H](O)[C@H]1OC(OP(=O)([O-])OP(=O)([O-])OC[C@H]2O[C@@H](n3cnc4c(N)ncnc43)[C@H](O)[C@@H]2O)[C@@H](O)[C@@H](O)[C@@H]1O. The van der Waals surface area contributed by atoms with E-state index in [-0.39, 0.29) is 17.0 Å². The van der Waals surface area contributed by atoms with Crippen molar-refractivity contribution in [3.8, 4) is 0 Å². The van der Waals surface area contributed by atoms with Gasteiger partial charge in [0.2, 0.25) is 0 Å². The van der Waals surface area contributed by atoms with Crippen LogP contribution >= 0.6 is 15.6 Å². The predicted octanol–water partition coefficient (Wildman–Crippen LogP) is -5.25. The largest absolute Gasteiger partial charge is 0.756 e. The number of phosphoric ester groups is 2. The molecule has 2 saturated heterocycles. The zero-order valence-corrected chi connectivity index (χ0v) is 23.6. The number of esters is 1. The van der Waals surface area contributed by atoms with Gasteiger partial charge in [-0.2, -0.15) is 0 Å². The Morgan fingerprint density at radius 3 is 2.42 bits per heavy atom. The maximum atomic E-state index is 12.3. The van der Waals surface area contributed by atoms with Crippen LogP contribution in [-0.2, 0) is 41.5 Å². The number of ether oxygens (including phenoxy) is 3. The molecule has 0 aliphatic carbocycles. The first-order valence-corrected chi connectivity index (χ1v) is 15.1. The number of nitrogen functional groups attached to an aromatic ring is 1. The Kier molecular flexibility index (Phi) is 10.2. The Labute approximate surface area is 240 Å². The molecular weight excluding hydrogens is 632 g/mol. The molecule has 4 heterocycles. The molecule has 2 aliphatic heterocycles. The molecule has 43 heavy (non-hydrogen) atoms. The predicted molar refractivity (Wildman–Crippen MR) is 128 cm³/mol. The standard InChI is InChI=1S/C19H29N5O17P2/c1-6(25)36-2-7(26)15-12(29)11(28)14(31)19(39-15)40-43(34,35)41-42(32,33)37-3-8-10(27)13(30)18(38-8)24-5-23-9-16(20)21-4-22-17(9)24/h4-5,7-8,10-15,18-19,26-31H,2-3H2,1H3,(H,32,33)(H,34,35)(H2,20,21,22)/p-2/t7-,8+,10+,11-,12-,13+,14-,15+,18+,19?/m0/s1. The van der Waals surface area contributed by atoms with E-state index in [0.29, 0.717) is 0 Å². The summed E-state index contributed by atoms with van der Waals surface area (Å²) in [7, 11) is -11.9. The van der Waals surface area contributed by atoms with Gasteiger partial charge in [-0.15, -0.1) is 0 Å². The molecule has 0 bridgehead atoms. The lowest BCUT2D eigenvalue weighted by Crippen LogP contribution is -2.61. The number of carbonyl (C=O) groups is 1. The number of phosphoric acid groups is 2. The molecule has 0 radical (unpaired) electrons. The molecule has 4 rings (SSSR count).